The third-order valence-corrected chi connectivity index (χ3v) is 8.11. The topological polar surface area (TPSA) is 117 Å². The number of carbonyl (C=O) groups excluding carboxylic acids is 4. The monoisotopic (exact) mass is 544 g/mol. The molecule has 40 heavy (non-hydrogen) atoms. The van der Waals surface area contributed by atoms with Crippen LogP contribution in [0.5, 0.6) is 0 Å². The number of amides is 5. The van der Waals surface area contributed by atoms with E-state index in [-0.39, 0.29) is 30.7 Å². The smallest absolute Gasteiger partial charge is 0.325 e. The molecule has 3 aromatic rings. The molecule has 2 N–H and O–H groups in total. The largest absolute Gasteiger partial charge is 0.358 e. The van der Waals surface area contributed by atoms with Gasteiger partial charge in [0, 0.05) is 31.9 Å². The number of hydrogen-bond donors (Lipinski definition) is 2. The van der Waals surface area contributed by atoms with Gasteiger partial charge in [-0.3, -0.25) is 24.0 Å². The molecular formula is C29H29FN6O4. The molecule has 3 heterocycles. The van der Waals surface area contributed by atoms with Crippen molar-refractivity contribution in [3.05, 3.63) is 76.9 Å². The molecule has 11 heteroatoms. The molecule has 1 unspecified atom stereocenters. The minimum absolute atomic E-state index is 0.113. The maximum absolute atomic E-state index is 13.7. The quantitative estimate of drug-likeness (QED) is 0.478. The van der Waals surface area contributed by atoms with E-state index in [1.807, 2.05) is 18.2 Å². The van der Waals surface area contributed by atoms with Crippen molar-refractivity contribution in [2.45, 2.75) is 44.3 Å². The predicted octanol–water partition coefficient (Wildman–Crippen LogP) is 2.10. The van der Waals surface area contributed by atoms with Crippen LogP contribution >= 0.6 is 0 Å². The lowest BCUT2D eigenvalue weighted by Crippen LogP contribution is -2.44. The van der Waals surface area contributed by atoms with Crippen LogP contribution in [0, 0.1) is 5.82 Å². The second-order valence-electron chi connectivity index (χ2n) is 10.5. The molecule has 1 saturated heterocycles. The van der Waals surface area contributed by atoms with Crippen LogP contribution in [0.15, 0.2) is 48.8 Å². The van der Waals surface area contributed by atoms with E-state index in [2.05, 4.69) is 15.7 Å². The lowest BCUT2D eigenvalue weighted by Gasteiger charge is -2.25. The van der Waals surface area contributed by atoms with E-state index in [4.69, 9.17) is 0 Å². The van der Waals surface area contributed by atoms with Gasteiger partial charge in [-0.2, -0.15) is 5.10 Å². The van der Waals surface area contributed by atoms with Gasteiger partial charge in [-0.05, 0) is 65.6 Å². The Balaban J connectivity index is 1.18. The highest BCUT2D eigenvalue weighted by Gasteiger charge is 2.55. The Morgan fingerprint density at radius 3 is 2.73 bits per heavy atom. The van der Waals surface area contributed by atoms with Gasteiger partial charge in [0.05, 0.1) is 6.20 Å². The van der Waals surface area contributed by atoms with Gasteiger partial charge in [0.2, 0.25) is 11.8 Å². The average molecular weight is 545 g/mol. The van der Waals surface area contributed by atoms with Crippen LogP contribution in [0.25, 0.3) is 11.1 Å². The van der Waals surface area contributed by atoms with Crippen molar-refractivity contribution < 1.29 is 23.6 Å². The van der Waals surface area contributed by atoms with Crippen LogP contribution in [-0.2, 0) is 45.9 Å². The molecule has 2 aliphatic heterocycles. The Kier molecular flexibility index (Phi) is 6.36. The summed E-state index contributed by atoms with van der Waals surface area (Å²) in [6, 6.07) is 9.70. The van der Waals surface area contributed by atoms with E-state index in [9.17, 15) is 23.6 Å². The van der Waals surface area contributed by atoms with Gasteiger partial charge in [0.15, 0.2) is 0 Å². The molecule has 1 aromatic heterocycles. The molecule has 0 bridgehead atoms. The summed E-state index contributed by atoms with van der Waals surface area (Å²) in [5, 5.41) is 9.70. The zero-order valence-corrected chi connectivity index (χ0v) is 22.1. The highest BCUT2D eigenvalue weighted by Crippen LogP contribution is 2.42. The molecule has 1 fully saturated rings. The first-order valence-corrected chi connectivity index (χ1v) is 13.3. The fourth-order valence-electron chi connectivity index (χ4n) is 5.97. The summed E-state index contributed by atoms with van der Waals surface area (Å²) in [6.45, 7) is 0.548. The number of nitrogens with zero attached hydrogens (tertiary/aromatic N) is 4. The second kappa shape index (κ2) is 9.89. The average Bonchev–Trinajstić information content (AvgIpc) is 3.56. The molecular weight excluding hydrogens is 515 g/mol. The molecule has 0 saturated carbocycles. The van der Waals surface area contributed by atoms with E-state index < -0.39 is 17.5 Å². The van der Waals surface area contributed by atoms with E-state index in [1.54, 1.807) is 35.1 Å². The highest BCUT2D eigenvalue weighted by molar-refractivity contribution is 6.10. The molecule has 1 aliphatic carbocycles. The van der Waals surface area contributed by atoms with Gasteiger partial charge in [-0.15, -0.1) is 0 Å². The van der Waals surface area contributed by atoms with Crippen molar-refractivity contribution in [3.8, 4) is 11.1 Å². The van der Waals surface area contributed by atoms with Crippen molar-refractivity contribution in [3.63, 3.8) is 0 Å². The van der Waals surface area contributed by atoms with E-state index in [0.29, 0.717) is 38.8 Å². The number of aromatic nitrogens is 2. The number of urea groups is 1. The predicted molar refractivity (Wildman–Crippen MR) is 142 cm³/mol. The van der Waals surface area contributed by atoms with Gasteiger partial charge < -0.3 is 15.5 Å². The van der Waals surface area contributed by atoms with Gasteiger partial charge in [-0.1, -0.05) is 24.3 Å². The Labute approximate surface area is 230 Å². The van der Waals surface area contributed by atoms with Crippen molar-refractivity contribution in [2.24, 2.45) is 0 Å². The maximum Gasteiger partial charge on any atom is 0.325 e. The van der Waals surface area contributed by atoms with Crippen LogP contribution < -0.4 is 10.6 Å². The van der Waals surface area contributed by atoms with Gasteiger partial charge in [-0.25, -0.2) is 9.18 Å². The molecule has 0 radical (unpaired) electrons. The Hall–Kier alpha value is -4.54. The zero-order valence-electron chi connectivity index (χ0n) is 22.1. The lowest BCUT2D eigenvalue weighted by molar-refractivity contribution is -0.139. The number of benzene rings is 2. The molecule has 2 aromatic carbocycles. The van der Waals surface area contributed by atoms with Crippen LogP contribution in [0.2, 0.25) is 0 Å². The summed E-state index contributed by atoms with van der Waals surface area (Å²) in [7, 11) is 1.57. The SMILES string of the molecule is CNC(=O)Cn1cc(-c2ccc3c(c2)CCC32NC(=O)N(CC(=O)N3CCCc4cc(F)ccc4C3)C2=O)cn1. The van der Waals surface area contributed by atoms with E-state index >= 15 is 0 Å². The van der Waals surface area contributed by atoms with Crippen molar-refractivity contribution in [1.29, 1.82) is 0 Å². The fraction of sp³-hybridized carbons (Fsp3) is 0.345. The summed E-state index contributed by atoms with van der Waals surface area (Å²) < 4.78 is 15.2. The van der Waals surface area contributed by atoms with Crippen molar-refractivity contribution in [1.82, 2.24) is 30.2 Å². The molecule has 5 amide bonds. The van der Waals surface area contributed by atoms with Gasteiger partial charge in [0.25, 0.3) is 5.91 Å². The highest BCUT2D eigenvalue weighted by atomic mass is 19.1. The summed E-state index contributed by atoms with van der Waals surface area (Å²) in [5.74, 6) is -1.20. The number of halogens is 1. The van der Waals surface area contributed by atoms with Crippen molar-refractivity contribution >= 4 is 23.8 Å². The minimum Gasteiger partial charge on any atom is -0.358 e. The molecule has 3 aliphatic rings. The third kappa shape index (κ3) is 4.41. The first kappa shape index (κ1) is 25.7. The van der Waals surface area contributed by atoms with Crippen molar-refractivity contribution in [2.75, 3.05) is 20.1 Å². The fourth-order valence-corrected chi connectivity index (χ4v) is 5.97. The number of aryl methyl sites for hydroxylation is 2. The standard InChI is InChI=1S/C29H29FN6O4/c1-31-25(37)16-35-15-22(13-32-35)19-5-7-24-20(11-19)8-9-29(24)27(39)36(28(40)33-29)17-26(38)34-10-2-3-18-12-23(30)6-4-21(18)14-34/h4-7,11-13,15H,2-3,8-10,14,16-17H2,1H3,(H,31,37)(H,33,40). The molecule has 1 atom stereocenters. The Bertz CT molecular complexity index is 1550. The molecule has 10 nitrogen and oxygen atoms in total. The molecule has 206 valence electrons. The summed E-state index contributed by atoms with van der Waals surface area (Å²) in [5.41, 5.74) is 3.96. The third-order valence-electron chi connectivity index (χ3n) is 8.11. The summed E-state index contributed by atoms with van der Waals surface area (Å²) in [4.78, 5) is 54.3. The van der Waals surface area contributed by atoms with Gasteiger partial charge in [0.1, 0.15) is 24.4 Å². The maximum atomic E-state index is 13.7. The normalized spacial score (nSPS) is 19.9. The summed E-state index contributed by atoms with van der Waals surface area (Å²) >= 11 is 0. The number of imide groups is 1. The van der Waals surface area contributed by atoms with E-state index in [0.717, 1.165) is 38.3 Å². The summed E-state index contributed by atoms with van der Waals surface area (Å²) in [6.07, 6.45) is 5.80. The van der Waals surface area contributed by atoms with Crippen LogP contribution in [-0.4, -0.2) is 63.5 Å². The molecule has 6 rings (SSSR count). The lowest BCUT2D eigenvalue weighted by atomic mass is 9.90. The van der Waals surface area contributed by atoms with Crippen LogP contribution in [0.4, 0.5) is 9.18 Å². The van der Waals surface area contributed by atoms with Gasteiger partial charge >= 0.3 is 6.03 Å². The van der Waals surface area contributed by atoms with E-state index in [1.165, 1.54) is 12.1 Å². The second-order valence-corrected chi connectivity index (χ2v) is 10.5. The zero-order chi connectivity index (χ0) is 28.0. The number of fused-ring (bicyclic) bond motifs is 3. The Morgan fingerprint density at radius 2 is 1.90 bits per heavy atom. The number of hydrogen-bond acceptors (Lipinski definition) is 5. The number of likely N-dealkylation sites (N-methyl/N-ethyl adjacent to an activating group) is 1. The van der Waals surface area contributed by atoms with Crippen LogP contribution in [0.1, 0.15) is 35.1 Å². The first-order valence-electron chi connectivity index (χ1n) is 13.3. The number of nitrogens with one attached hydrogen (secondary N) is 2. The molecule has 1 spiro atoms. The minimum atomic E-state index is -1.20. The number of rotatable bonds is 5. The first-order chi connectivity index (χ1) is 19.3. The van der Waals surface area contributed by atoms with Crippen LogP contribution in [0.3, 0.4) is 0 Å². The number of carbonyl (C=O) groups is 4. The Morgan fingerprint density at radius 1 is 1.05 bits per heavy atom.